The Morgan fingerprint density at radius 3 is 2.54 bits per heavy atom. The van der Waals surface area contributed by atoms with Crippen LogP contribution in [0.1, 0.15) is 30.4 Å². The third-order valence-corrected chi connectivity index (χ3v) is 5.13. The Morgan fingerprint density at radius 2 is 2.04 bits per heavy atom. The van der Waals surface area contributed by atoms with Gasteiger partial charge in [0.15, 0.2) is 5.69 Å². The normalized spacial score (nSPS) is 11.8. The molecule has 0 aliphatic rings. The summed E-state index contributed by atoms with van der Waals surface area (Å²) in [6.07, 6.45) is -2.86. The molecular formula is C15H18BrClF3N5O. The predicted molar refractivity (Wildman–Crippen MR) is 93.7 cm³/mol. The number of aryl methyl sites for hydroxylation is 2. The Kier molecular flexibility index (Phi) is 6.38. The van der Waals surface area contributed by atoms with E-state index in [-0.39, 0.29) is 29.9 Å². The van der Waals surface area contributed by atoms with Gasteiger partial charge in [-0.2, -0.15) is 23.4 Å². The third-order valence-electron chi connectivity index (χ3n) is 3.86. The lowest BCUT2D eigenvalue weighted by Gasteiger charge is -2.16. The van der Waals surface area contributed by atoms with E-state index in [1.54, 1.807) is 17.9 Å². The van der Waals surface area contributed by atoms with Gasteiger partial charge in [0.2, 0.25) is 5.91 Å². The summed E-state index contributed by atoms with van der Waals surface area (Å²) in [4.78, 5) is 13.7. The maximum absolute atomic E-state index is 12.9. The average Bonchev–Trinajstić information content (AvgIpc) is 3.06. The second-order valence-corrected chi connectivity index (χ2v) is 6.95. The molecule has 2 aromatic rings. The van der Waals surface area contributed by atoms with E-state index in [1.807, 2.05) is 6.92 Å². The van der Waals surface area contributed by atoms with Crippen molar-refractivity contribution >= 4 is 33.4 Å². The summed E-state index contributed by atoms with van der Waals surface area (Å²) in [6.45, 7) is 4.35. The highest BCUT2D eigenvalue weighted by Gasteiger charge is 2.37. The summed E-state index contributed by atoms with van der Waals surface area (Å²) < 4.78 is 41.4. The van der Waals surface area contributed by atoms with Crippen molar-refractivity contribution in [3.63, 3.8) is 0 Å². The maximum Gasteiger partial charge on any atom is 0.436 e. The summed E-state index contributed by atoms with van der Waals surface area (Å²) >= 11 is 8.99. The lowest BCUT2D eigenvalue weighted by Crippen LogP contribution is -2.27. The van der Waals surface area contributed by atoms with Crippen LogP contribution in [0.15, 0.2) is 10.7 Å². The fourth-order valence-electron chi connectivity index (χ4n) is 2.33. The first kappa shape index (κ1) is 20.8. The first-order valence-corrected chi connectivity index (χ1v) is 8.97. The van der Waals surface area contributed by atoms with Crippen LogP contribution >= 0.6 is 27.5 Å². The van der Waals surface area contributed by atoms with Gasteiger partial charge in [-0.1, -0.05) is 11.6 Å². The second-order valence-electron chi connectivity index (χ2n) is 5.75. The number of amides is 1. The fourth-order valence-corrected chi connectivity index (χ4v) is 3.05. The summed E-state index contributed by atoms with van der Waals surface area (Å²) in [5.74, 6) is -0.244. The Bertz CT molecular complexity index is 802. The topological polar surface area (TPSA) is 56.0 Å². The first-order chi connectivity index (χ1) is 12.0. The fraction of sp³-hybridized carbons (Fsp3) is 0.533. The molecule has 0 fully saturated rings. The van der Waals surface area contributed by atoms with Gasteiger partial charge in [-0.15, -0.1) is 0 Å². The maximum atomic E-state index is 12.9. The Morgan fingerprint density at radius 1 is 1.38 bits per heavy atom. The molecule has 0 spiro atoms. The van der Waals surface area contributed by atoms with Gasteiger partial charge in [-0.05, 0) is 29.8 Å². The molecule has 0 aliphatic carbocycles. The summed E-state index contributed by atoms with van der Waals surface area (Å²) in [5.41, 5.74) is -0.105. The molecule has 0 aliphatic heterocycles. The number of hydrogen-bond donors (Lipinski definition) is 0. The van der Waals surface area contributed by atoms with Crippen molar-refractivity contribution in [2.24, 2.45) is 0 Å². The van der Waals surface area contributed by atoms with Crippen LogP contribution in [0.5, 0.6) is 0 Å². The van der Waals surface area contributed by atoms with E-state index in [4.69, 9.17) is 11.6 Å². The van der Waals surface area contributed by atoms with Gasteiger partial charge in [0.05, 0.1) is 28.3 Å². The third kappa shape index (κ3) is 4.59. The van der Waals surface area contributed by atoms with Crippen LogP contribution in [0.4, 0.5) is 13.2 Å². The van der Waals surface area contributed by atoms with Crippen LogP contribution in [0.3, 0.4) is 0 Å². The predicted octanol–water partition coefficient (Wildman–Crippen LogP) is 3.89. The molecule has 0 radical (unpaired) electrons. The molecule has 0 saturated carbocycles. The molecule has 0 N–H and O–H groups in total. The number of rotatable bonds is 6. The zero-order valence-corrected chi connectivity index (χ0v) is 16.8. The molecule has 1 amide bonds. The minimum absolute atomic E-state index is 0.00879. The highest BCUT2D eigenvalue weighted by Crippen LogP contribution is 2.35. The molecule has 11 heteroatoms. The molecule has 2 heterocycles. The van der Waals surface area contributed by atoms with E-state index in [2.05, 4.69) is 26.1 Å². The number of halogens is 5. The summed E-state index contributed by atoms with van der Waals surface area (Å²) in [6, 6.07) is 0. The molecular weight excluding hydrogens is 439 g/mol. The number of alkyl halides is 3. The van der Waals surface area contributed by atoms with Crippen molar-refractivity contribution in [1.82, 2.24) is 24.5 Å². The van der Waals surface area contributed by atoms with Gasteiger partial charge in [0.25, 0.3) is 0 Å². The van der Waals surface area contributed by atoms with Gasteiger partial charge < -0.3 is 4.90 Å². The Labute approximate surface area is 162 Å². The van der Waals surface area contributed by atoms with Crippen LogP contribution in [0.25, 0.3) is 0 Å². The van der Waals surface area contributed by atoms with E-state index in [0.29, 0.717) is 23.0 Å². The number of aromatic nitrogens is 4. The largest absolute Gasteiger partial charge is 0.436 e. The quantitative estimate of drug-likeness (QED) is 0.663. The summed E-state index contributed by atoms with van der Waals surface area (Å²) in [5, 5.41) is 8.29. The highest BCUT2D eigenvalue weighted by atomic mass is 79.9. The molecule has 6 nitrogen and oxygen atoms in total. The zero-order valence-electron chi connectivity index (χ0n) is 14.4. The SMILES string of the molecule is CCn1cc(Cl)c(CN(C)C(=O)CCn2nc(C(F)(F)F)c(Br)c2C)n1. The van der Waals surface area contributed by atoms with Crippen molar-refractivity contribution in [3.8, 4) is 0 Å². The first-order valence-electron chi connectivity index (χ1n) is 7.80. The Balaban J connectivity index is 2.01. The van der Waals surface area contributed by atoms with Gasteiger partial charge in [0, 0.05) is 26.2 Å². The molecule has 0 saturated heterocycles. The highest BCUT2D eigenvalue weighted by molar-refractivity contribution is 9.10. The van der Waals surface area contributed by atoms with Crippen LogP contribution in [-0.2, 0) is 30.6 Å². The molecule has 0 aromatic carbocycles. The van der Waals surface area contributed by atoms with Crippen LogP contribution in [-0.4, -0.2) is 37.4 Å². The van der Waals surface area contributed by atoms with Crippen molar-refractivity contribution in [2.75, 3.05) is 7.05 Å². The monoisotopic (exact) mass is 455 g/mol. The lowest BCUT2D eigenvalue weighted by molar-refractivity contribution is -0.142. The number of carbonyl (C=O) groups excluding carboxylic acids is 1. The van der Waals surface area contributed by atoms with E-state index in [1.165, 1.54) is 16.5 Å². The molecule has 2 aromatic heterocycles. The summed E-state index contributed by atoms with van der Waals surface area (Å²) in [7, 11) is 1.59. The van der Waals surface area contributed by atoms with Crippen molar-refractivity contribution in [1.29, 1.82) is 0 Å². The zero-order chi connectivity index (χ0) is 19.6. The van der Waals surface area contributed by atoms with Crippen LogP contribution < -0.4 is 0 Å². The van der Waals surface area contributed by atoms with Crippen molar-refractivity contribution in [2.45, 2.75) is 46.1 Å². The lowest BCUT2D eigenvalue weighted by atomic mass is 10.3. The standard InChI is InChI=1S/C15H18BrClF3N5O/c1-4-24-7-10(17)11(21-24)8-23(3)12(26)5-6-25-9(2)13(16)14(22-25)15(18,19)20/h7H,4-6,8H2,1-3H3. The molecule has 0 bridgehead atoms. The molecule has 0 atom stereocenters. The van der Waals surface area contributed by atoms with E-state index >= 15 is 0 Å². The number of nitrogens with zero attached hydrogens (tertiary/aromatic N) is 5. The van der Waals surface area contributed by atoms with Crippen molar-refractivity contribution in [3.05, 3.63) is 32.8 Å². The van der Waals surface area contributed by atoms with Gasteiger partial charge in [-0.3, -0.25) is 14.2 Å². The molecule has 26 heavy (non-hydrogen) atoms. The van der Waals surface area contributed by atoms with Crippen molar-refractivity contribution < 1.29 is 18.0 Å². The smallest absolute Gasteiger partial charge is 0.340 e. The number of carbonyl (C=O) groups is 1. The van der Waals surface area contributed by atoms with Gasteiger partial charge in [0.1, 0.15) is 5.69 Å². The number of hydrogen-bond acceptors (Lipinski definition) is 3. The molecule has 2 rings (SSSR count). The minimum Gasteiger partial charge on any atom is -0.340 e. The molecule has 0 unspecified atom stereocenters. The van der Waals surface area contributed by atoms with Gasteiger partial charge >= 0.3 is 6.18 Å². The van der Waals surface area contributed by atoms with Gasteiger partial charge in [-0.25, -0.2) is 0 Å². The van der Waals surface area contributed by atoms with E-state index in [9.17, 15) is 18.0 Å². The van der Waals surface area contributed by atoms with Crippen LogP contribution in [0.2, 0.25) is 5.02 Å². The minimum atomic E-state index is -4.55. The van der Waals surface area contributed by atoms with Crippen LogP contribution in [0, 0.1) is 6.92 Å². The van der Waals surface area contributed by atoms with E-state index < -0.39 is 11.9 Å². The molecule has 144 valence electrons. The Hall–Kier alpha value is -1.55. The van der Waals surface area contributed by atoms with E-state index in [0.717, 1.165) is 0 Å². The average molecular weight is 457 g/mol. The second kappa shape index (κ2) is 7.99.